The number of hydrogen-bond acceptors (Lipinski definition) is 4. The predicted octanol–water partition coefficient (Wildman–Crippen LogP) is 5.89. The van der Waals surface area contributed by atoms with Gasteiger partial charge in [-0.15, -0.1) is 0 Å². The number of nitrogens with one attached hydrogen (secondary N) is 1. The lowest BCUT2D eigenvalue weighted by atomic mass is 10.1. The molecular weight excluding hydrogens is 456 g/mol. The maximum absolute atomic E-state index is 12.6. The Hall–Kier alpha value is -3.56. The number of halogens is 1. The number of amides is 1. The standard InChI is InChI=1S/C25H21BrN2O3/c1-17-7-6-10-21(11-17)28-25(29)20(15-27)12-19-13-23(30-2)24(14-22(19)26)31-16-18-8-4-3-5-9-18/h3-14H,16H2,1-2H3,(H,28,29)/b20-12+. The first-order valence-corrected chi connectivity index (χ1v) is 10.3. The highest BCUT2D eigenvalue weighted by Crippen LogP contribution is 2.35. The first-order valence-electron chi connectivity index (χ1n) is 9.54. The Bertz CT molecular complexity index is 1150. The number of nitrogens with zero attached hydrogens (tertiary/aromatic N) is 1. The summed E-state index contributed by atoms with van der Waals surface area (Å²) >= 11 is 3.50. The van der Waals surface area contributed by atoms with Crippen molar-refractivity contribution in [3.63, 3.8) is 0 Å². The summed E-state index contributed by atoms with van der Waals surface area (Å²) in [5, 5.41) is 12.3. The second kappa shape index (κ2) is 10.5. The fourth-order valence-electron chi connectivity index (χ4n) is 2.89. The van der Waals surface area contributed by atoms with Crippen LogP contribution in [0.4, 0.5) is 5.69 Å². The summed E-state index contributed by atoms with van der Waals surface area (Å²) in [6.45, 7) is 2.32. The van der Waals surface area contributed by atoms with Crippen molar-refractivity contribution in [2.75, 3.05) is 12.4 Å². The Kier molecular flexibility index (Phi) is 7.47. The van der Waals surface area contributed by atoms with Gasteiger partial charge in [0.05, 0.1) is 7.11 Å². The summed E-state index contributed by atoms with van der Waals surface area (Å²) in [7, 11) is 1.54. The normalized spacial score (nSPS) is 10.8. The van der Waals surface area contributed by atoms with Crippen LogP contribution < -0.4 is 14.8 Å². The highest BCUT2D eigenvalue weighted by molar-refractivity contribution is 9.10. The van der Waals surface area contributed by atoms with E-state index in [-0.39, 0.29) is 5.57 Å². The fourth-order valence-corrected chi connectivity index (χ4v) is 3.33. The number of carbonyl (C=O) groups is 1. The molecule has 0 saturated heterocycles. The van der Waals surface area contributed by atoms with Crippen molar-refractivity contribution in [1.82, 2.24) is 0 Å². The van der Waals surface area contributed by atoms with Crippen LogP contribution in [0, 0.1) is 18.3 Å². The van der Waals surface area contributed by atoms with Crippen LogP contribution in [0.15, 0.2) is 76.8 Å². The maximum Gasteiger partial charge on any atom is 0.266 e. The van der Waals surface area contributed by atoms with Gasteiger partial charge in [0, 0.05) is 10.2 Å². The Morgan fingerprint density at radius 2 is 1.87 bits per heavy atom. The van der Waals surface area contributed by atoms with Gasteiger partial charge >= 0.3 is 0 Å². The SMILES string of the molecule is COc1cc(/C=C(\C#N)C(=O)Nc2cccc(C)c2)c(Br)cc1OCc1ccccc1. The highest BCUT2D eigenvalue weighted by Gasteiger charge is 2.14. The summed E-state index contributed by atoms with van der Waals surface area (Å²) in [5.74, 6) is 0.572. The second-order valence-electron chi connectivity index (χ2n) is 6.79. The van der Waals surface area contributed by atoms with Gasteiger partial charge in [0.2, 0.25) is 0 Å². The Balaban J connectivity index is 1.82. The number of ether oxygens (including phenoxy) is 2. The van der Waals surface area contributed by atoms with Gasteiger partial charge in [0.25, 0.3) is 5.91 Å². The van der Waals surface area contributed by atoms with E-state index in [1.165, 1.54) is 6.08 Å². The predicted molar refractivity (Wildman–Crippen MR) is 125 cm³/mol. The monoisotopic (exact) mass is 476 g/mol. The zero-order chi connectivity index (χ0) is 22.2. The molecule has 5 nitrogen and oxygen atoms in total. The molecule has 31 heavy (non-hydrogen) atoms. The number of anilines is 1. The fraction of sp³-hybridized carbons (Fsp3) is 0.120. The average molecular weight is 477 g/mol. The summed E-state index contributed by atoms with van der Waals surface area (Å²) < 4.78 is 12.0. The Morgan fingerprint density at radius 3 is 2.55 bits per heavy atom. The molecule has 0 bridgehead atoms. The van der Waals surface area contributed by atoms with E-state index >= 15 is 0 Å². The molecule has 0 heterocycles. The van der Waals surface area contributed by atoms with Crippen molar-refractivity contribution in [2.45, 2.75) is 13.5 Å². The first-order chi connectivity index (χ1) is 15.0. The number of benzene rings is 3. The molecule has 1 N–H and O–H groups in total. The lowest BCUT2D eigenvalue weighted by Gasteiger charge is -2.13. The van der Waals surface area contributed by atoms with E-state index < -0.39 is 5.91 Å². The molecule has 0 fully saturated rings. The molecule has 3 aromatic rings. The minimum absolute atomic E-state index is 0.0257. The molecule has 0 atom stereocenters. The molecule has 0 aromatic heterocycles. The molecule has 3 aromatic carbocycles. The summed E-state index contributed by atoms with van der Waals surface area (Å²) in [5.41, 5.74) is 3.28. The number of nitriles is 1. The third-order valence-electron chi connectivity index (χ3n) is 4.46. The first kappa shape index (κ1) is 22.1. The maximum atomic E-state index is 12.6. The highest BCUT2D eigenvalue weighted by atomic mass is 79.9. The largest absolute Gasteiger partial charge is 0.493 e. The molecule has 156 valence electrons. The third-order valence-corrected chi connectivity index (χ3v) is 5.15. The topological polar surface area (TPSA) is 71.3 Å². The van der Waals surface area contributed by atoms with Crippen LogP contribution in [0.25, 0.3) is 6.08 Å². The van der Waals surface area contributed by atoms with Gasteiger partial charge in [-0.25, -0.2) is 0 Å². The van der Waals surface area contributed by atoms with E-state index in [1.807, 2.05) is 61.5 Å². The van der Waals surface area contributed by atoms with Gasteiger partial charge in [0.1, 0.15) is 18.2 Å². The number of rotatable bonds is 7. The number of aryl methyl sites for hydroxylation is 1. The molecule has 6 heteroatoms. The molecular formula is C25H21BrN2O3. The van der Waals surface area contributed by atoms with E-state index in [9.17, 15) is 10.1 Å². The zero-order valence-corrected chi connectivity index (χ0v) is 18.8. The molecule has 0 unspecified atom stereocenters. The van der Waals surface area contributed by atoms with E-state index in [4.69, 9.17) is 9.47 Å². The van der Waals surface area contributed by atoms with Crippen molar-refractivity contribution in [1.29, 1.82) is 5.26 Å². The third kappa shape index (κ3) is 5.97. The lowest BCUT2D eigenvalue weighted by Crippen LogP contribution is -2.13. The van der Waals surface area contributed by atoms with Crippen molar-refractivity contribution in [2.24, 2.45) is 0 Å². The van der Waals surface area contributed by atoms with Crippen LogP contribution >= 0.6 is 15.9 Å². The smallest absolute Gasteiger partial charge is 0.266 e. The molecule has 1 amide bonds. The molecule has 0 aliphatic rings. The van der Waals surface area contributed by atoms with Gasteiger partial charge < -0.3 is 14.8 Å². The van der Waals surface area contributed by atoms with E-state index in [0.29, 0.717) is 33.8 Å². The van der Waals surface area contributed by atoms with E-state index in [1.54, 1.807) is 25.3 Å². The number of carbonyl (C=O) groups excluding carboxylic acids is 1. The van der Waals surface area contributed by atoms with Crippen LogP contribution in [0.1, 0.15) is 16.7 Å². The van der Waals surface area contributed by atoms with Crippen LogP contribution in [0.5, 0.6) is 11.5 Å². The van der Waals surface area contributed by atoms with Gasteiger partial charge in [0.15, 0.2) is 11.5 Å². The van der Waals surface area contributed by atoms with Crippen LogP contribution in [0.3, 0.4) is 0 Å². The van der Waals surface area contributed by atoms with Gasteiger partial charge in [-0.05, 0) is 54.0 Å². The van der Waals surface area contributed by atoms with Crippen molar-refractivity contribution in [3.05, 3.63) is 93.5 Å². The van der Waals surface area contributed by atoms with Crippen LogP contribution in [0.2, 0.25) is 0 Å². The van der Waals surface area contributed by atoms with Crippen LogP contribution in [-0.2, 0) is 11.4 Å². The van der Waals surface area contributed by atoms with E-state index in [2.05, 4.69) is 21.2 Å². The van der Waals surface area contributed by atoms with Gasteiger partial charge in [-0.3, -0.25) is 4.79 Å². The second-order valence-corrected chi connectivity index (χ2v) is 7.65. The Morgan fingerprint density at radius 1 is 1.10 bits per heavy atom. The number of methoxy groups -OCH3 is 1. The van der Waals surface area contributed by atoms with Crippen molar-refractivity contribution < 1.29 is 14.3 Å². The van der Waals surface area contributed by atoms with E-state index in [0.717, 1.165) is 11.1 Å². The Labute approximate surface area is 190 Å². The molecule has 0 saturated carbocycles. The lowest BCUT2D eigenvalue weighted by molar-refractivity contribution is -0.112. The van der Waals surface area contributed by atoms with Gasteiger partial charge in [-0.1, -0.05) is 58.4 Å². The minimum atomic E-state index is -0.483. The molecule has 0 spiro atoms. The molecule has 0 aliphatic heterocycles. The van der Waals surface area contributed by atoms with Crippen molar-refractivity contribution >= 4 is 33.6 Å². The summed E-state index contributed by atoms with van der Waals surface area (Å²) in [6, 6.07) is 22.6. The van der Waals surface area contributed by atoms with Crippen LogP contribution in [-0.4, -0.2) is 13.0 Å². The average Bonchev–Trinajstić information content (AvgIpc) is 2.77. The summed E-state index contributed by atoms with van der Waals surface area (Å²) in [4.78, 5) is 12.6. The number of hydrogen-bond donors (Lipinski definition) is 1. The quantitative estimate of drug-likeness (QED) is 0.340. The summed E-state index contributed by atoms with van der Waals surface area (Å²) in [6.07, 6.45) is 1.51. The minimum Gasteiger partial charge on any atom is -0.493 e. The zero-order valence-electron chi connectivity index (χ0n) is 17.2. The molecule has 3 rings (SSSR count). The molecule has 0 aliphatic carbocycles. The molecule has 0 radical (unpaired) electrons. The van der Waals surface area contributed by atoms with Gasteiger partial charge in [-0.2, -0.15) is 5.26 Å². The van der Waals surface area contributed by atoms with Crippen molar-refractivity contribution in [3.8, 4) is 17.6 Å².